The van der Waals surface area contributed by atoms with E-state index in [0.29, 0.717) is 5.69 Å². The molecule has 0 atom stereocenters. The van der Waals surface area contributed by atoms with Crippen LogP contribution < -0.4 is 0 Å². The van der Waals surface area contributed by atoms with Crippen molar-refractivity contribution in [2.45, 2.75) is 0 Å². The molecule has 0 heterocycles. The van der Waals surface area contributed by atoms with Crippen LogP contribution in [0.25, 0.3) is 16.8 Å². The molecule has 15 heavy (non-hydrogen) atoms. The summed E-state index contributed by atoms with van der Waals surface area (Å²) in [4.78, 5) is 13.7. The van der Waals surface area contributed by atoms with Gasteiger partial charge in [-0.25, -0.2) is 4.79 Å². The number of aliphatic imine (C=N–C) groups is 1. The Kier molecular flexibility index (Phi) is 2.44. The molecule has 0 aliphatic rings. The van der Waals surface area contributed by atoms with E-state index in [2.05, 4.69) is 11.6 Å². The number of fused-ring (bicyclic) bond motifs is 1. The molecule has 0 aliphatic heterocycles. The second-order valence-electron chi connectivity index (χ2n) is 3.16. The van der Waals surface area contributed by atoms with Crippen molar-refractivity contribution in [3.8, 4) is 0 Å². The highest BCUT2D eigenvalue weighted by atomic mass is 16.1. The maximum absolute atomic E-state index is 10.2. The van der Waals surface area contributed by atoms with Crippen LogP contribution >= 0.6 is 0 Å². The summed E-state index contributed by atoms with van der Waals surface area (Å²) in [7, 11) is 0. The molecule has 0 spiro atoms. The van der Waals surface area contributed by atoms with Crippen molar-refractivity contribution >= 4 is 28.6 Å². The van der Waals surface area contributed by atoms with Crippen molar-refractivity contribution in [3.63, 3.8) is 0 Å². The van der Waals surface area contributed by atoms with E-state index in [4.69, 9.17) is 0 Å². The molecule has 0 fully saturated rings. The summed E-state index contributed by atoms with van der Waals surface area (Å²) in [5, 5.41) is 2.15. The SMILES string of the molecule is C=Cc1cccc2ccc(N=C=O)cc12. The summed E-state index contributed by atoms with van der Waals surface area (Å²) >= 11 is 0. The van der Waals surface area contributed by atoms with Crippen LogP contribution in [-0.2, 0) is 4.79 Å². The maximum atomic E-state index is 10.2. The molecular weight excluding hydrogens is 186 g/mol. The zero-order chi connectivity index (χ0) is 10.7. The number of nitrogens with zero attached hydrogens (tertiary/aromatic N) is 1. The number of carbonyl (C=O) groups excluding carboxylic acids is 1. The standard InChI is InChI=1S/C13H9NO/c1-2-10-4-3-5-11-6-7-12(14-9-15)8-13(10)11/h2-8H,1H2. The molecule has 0 aliphatic carbocycles. The van der Waals surface area contributed by atoms with E-state index in [-0.39, 0.29) is 0 Å². The molecule has 0 radical (unpaired) electrons. The lowest BCUT2D eigenvalue weighted by Gasteiger charge is -2.02. The van der Waals surface area contributed by atoms with Crippen LogP contribution in [0.3, 0.4) is 0 Å². The Hall–Kier alpha value is -2.18. The molecule has 2 aromatic carbocycles. The van der Waals surface area contributed by atoms with Crippen molar-refractivity contribution in [1.29, 1.82) is 0 Å². The van der Waals surface area contributed by atoms with Crippen LogP contribution in [0.15, 0.2) is 48.0 Å². The summed E-state index contributed by atoms with van der Waals surface area (Å²) < 4.78 is 0. The minimum absolute atomic E-state index is 0.617. The summed E-state index contributed by atoms with van der Waals surface area (Å²) in [5.74, 6) is 0. The Balaban J connectivity index is 2.77. The Morgan fingerprint density at radius 3 is 2.87 bits per heavy atom. The molecule has 2 nitrogen and oxygen atoms in total. The molecule has 0 bridgehead atoms. The molecule has 0 N–H and O–H groups in total. The Morgan fingerprint density at radius 1 is 1.27 bits per heavy atom. The second-order valence-corrected chi connectivity index (χ2v) is 3.16. The number of rotatable bonds is 2. The molecule has 2 rings (SSSR count). The fraction of sp³-hybridized carbons (Fsp3) is 0. The van der Waals surface area contributed by atoms with Gasteiger partial charge in [0.05, 0.1) is 5.69 Å². The average Bonchev–Trinajstić information content (AvgIpc) is 2.28. The van der Waals surface area contributed by atoms with Crippen molar-refractivity contribution < 1.29 is 4.79 Å². The number of hydrogen-bond acceptors (Lipinski definition) is 2. The molecule has 0 unspecified atom stereocenters. The first-order valence-electron chi connectivity index (χ1n) is 4.58. The van der Waals surface area contributed by atoms with E-state index < -0.39 is 0 Å². The molecule has 0 saturated heterocycles. The van der Waals surface area contributed by atoms with Crippen LogP contribution in [0.5, 0.6) is 0 Å². The second kappa shape index (κ2) is 3.91. The minimum atomic E-state index is 0.617. The summed E-state index contributed by atoms with van der Waals surface area (Å²) in [6, 6.07) is 11.5. The maximum Gasteiger partial charge on any atom is 0.240 e. The summed E-state index contributed by atoms with van der Waals surface area (Å²) in [6.45, 7) is 3.75. The van der Waals surface area contributed by atoms with E-state index in [0.717, 1.165) is 16.3 Å². The van der Waals surface area contributed by atoms with E-state index in [1.165, 1.54) is 6.08 Å². The first-order chi connectivity index (χ1) is 7.35. The number of isocyanates is 1. The van der Waals surface area contributed by atoms with Crippen molar-refractivity contribution in [1.82, 2.24) is 0 Å². The molecule has 0 aromatic heterocycles. The largest absolute Gasteiger partial charge is 0.240 e. The molecule has 0 saturated carbocycles. The van der Waals surface area contributed by atoms with Gasteiger partial charge in [0.1, 0.15) is 0 Å². The van der Waals surface area contributed by atoms with Crippen molar-refractivity contribution in [2.75, 3.05) is 0 Å². The lowest BCUT2D eigenvalue weighted by atomic mass is 10.0. The van der Waals surface area contributed by atoms with Gasteiger partial charge in [0.15, 0.2) is 0 Å². The lowest BCUT2D eigenvalue weighted by molar-refractivity contribution is 0.565. The van der Waals surface area contributed by atoms with E-state index >= 15 is 0 Å². The van der Waals surface area contributed by atoms with Gasteiger partial charge in [-0.1, -0.05) is 36.9 Å². The van der Waals surface area contributed by atoms with Crippen LogP contribution in [0.1, 0.15) is 5.56 Å². The number of benzene rings is 2. The van der Waals surface area contributed by atoms with Gasteiger partial charge < -0.3 is 0 Å². The predicted octanol–water partition coefficient (Wildman–Crippen LogP) is 3.45. The highest BCUT2D eigenvalue weighted by Gasteiger charge is 1.98. The van der Waals surface area contributed by atoms with Crippen molar-refractivity contribution in [3.05, 3.63) is 48.5 Å². The zero-order valence-corrected chi connectivity index (χ0v) is 8.10. The normalized spacial score (nSPS) is 9.60. The van der Waals surface area contributed by atoms with Gasteiger partial charge in [-0.3, -0.25) is 0 Å². The van der Waals surface area contributed by atoms with E-state index in [1.807, 2.05) is 30.3 Å². The Labute approximate surface area is 87.6 Å². The van der Waals surface area contributed by atoms with Gasteiger partial charge in [-0.05, 0) is 28.5 Å². The lowest BCUT2D eigenvalue weighted by Crippen LogP contribution is -1.77. The van der Waals surface area contributed by atoms with Gasteiger partial charge in [0.25, 0.3) is 0 Å². The highest BCUT2D eigenvalue weighted by molar-refractivity contribution is 5.92. The van der Waals surface area contributed by atoms with Gasteiger partial charge in [-0.2, -0.15) is 4.99 Å². The third-order valence-corrected chi connectivity index (χ3v) is 2.29. The van der Waals surface area contributed by atoms with E-state index in [9.17, 15) is 4.79 Å². The molecule has 2 heteroatoms. The molecular formula is C13H9NO. The predicted molar refractivity (Wildman–Crippen MR) is 61.8 cm³/mol. The zero-order valence-electron chi connectivity index (χ0n) is 8.10. The highest BCUT2D eigenvalue weighted by Crippen LogP contribution is 2.24. The smallest absolute Gasteiger partial charge is 0.211 e. The quantitative estimate of drug-likeness (QED) is 0.533. The minimum Gasteiger partial charge on any atom is -0.211 e. The monoisotopic (exact) mass is 195 g/mol. The van der Waals surface area contributed by atoms with E-state index in [1.54, 1.807) is 12.1 Å². The Morgan fingerprint density at radius 2 is 2.13 bits per heavy atom. The van der Waals surface area contributed by atoms with Crippen LogP contribution in [-0.4, -0.2) is 6.08 Å². The van der Waals surface area contributed by atoms with Gasteiger partial charge >= 0.3 is 0 Å². The van der Waals surface area contributed by atoms with Crippen LogP contribution in [0.4, 0.5) is 5.69 Å². The van der Waals surface area contributed by atoms with Crippen LogP contribution in [0.2, 0.25) is 0 Å². The third-order valence-electron chi connectivity index (χ3n) is 2.29. The fourth-order valence-corrected chi connectivity index (χ4v) is 1.59. The average molecular weight is 195 g/mol. The molecule has 0 amide bonds. The molecule has 72 valence electrons. The molecule has 2 aromatic rings. The Bertz CT molecular complexity index is 566. The third kappa shape index (κ3) is 1.71. The first kappa shape index (κ1) is 9.38. The summed E-state index contributed by atoms with van der Waals surface area (Å²) in [5.41, 5.74) is 1.65. The first-order valence-corrected chi connectivity index (χ1v) is 4.58. The van der Waals surface area contributed by atoms with Gasteiger partial charge in [0, 0.05) is 0 Å². The van der Waals surface area contributed by atoms with Crippen LogP contribution in [0, 0.1) is 0 Å². The van der Waals surface area contributed by atoms with Gasteiger partial charge in [-0.15, -0.1) is 0 Å². The van der Waals surface area contributed by atoms with Crippen molar-refractivity contribution in [2.24, 2.45) is 4.99 Å². The topological polar surface area (TPSA) is 29.4 Å². The van der Waals surface area contributed by atoms with Gasteiger partial charge in [0.2, 0.25) is 6.08 Å². The fourth-order valence-electron chi connectivity index (χ4n) is 1.59. The number of hydrogen-bond donors (Lipinski definition) is 0. The summed E-state index contributed by atoms with van der Waals surface area (Å²) in [6.07, 6.45) is 3.32.